The number of ether oxygens (including phenoxy) is 1. The van der Waals surface area contributed by atoms with Crippen LogP contribution in [-0.4, -0.2) is 46.1 Å². The zero-order valence-corrected chi connectivity index (χ0v) is 19.1. The maximum atomic E-state index is 13.0. The Labute approximate surface area is 200 Å². The summed E-state index contributed by atoms with van der Waals surface area (Å²) in [7, 11) is 0. The molecule has 1 aliphatic rings. The summed E-state index contributed by atoms with van der Waals surface area (Å²) in [6, 6.07) is 8.71. The van der Waals surface area contributed by atoms with Gasteiger partial charge in [-0.05, 0) is 31.2 Å². The number of aromatic amines is 1. The summed E-state index contributed by atoms with van der Waals surface area (Å²) in [6.07, 6.45) is 6.94. The Kier molecular flexibility index (Phi) is 8.36. The third-order valence-electron chi connectivity index (χ3n) is 4.49. The van der Waals surface area contributed by atoms with Crippen molar-refractivity contribution in [2.75, 3.05) is 17.6 Å². The van der Waals surface area contributed by atoms with E-state index < -0.39 is 23.6 Å². The van der Waals surface area contributed by atoms with Crippen molar-refractivity contribution in [3.05, 3.63) is 94.9 Å². The second-order valence-electron chi connectivity index (χ2n) is 6.79. The molecule has 0 bridgehead atoms. The van der Waals surface area contributed by atoms with E-state index in [-0.39, 0.29) is 28.4 Å². The third-order valence-corrected chi connectivity index (χ3v) is 5.51. The van der Waals surface area contributed by atoms with Crippen LogP contribution in [0.15, 0.2) is 78.0 Å². The van der Waals surface area contributed by atoms with Crippen molar-refractivity contribution in [2.24, 2.45) is 0 Å². The molecule has 0 saturated carbocycles. The monoisotopic (exact) mass is 478 g/mol. The van der Waals surface area contributed by atoms with Crippen LogP contribution in [0.4, 0.5) is 10.5 Å². The minimum Gasteiger partial charge on any atom is -0.411 e. The average Bonchev–Trinajstić information content (AvgIpc) is 3.29. The highest BCUT2D eigenvalue weighted by molar-refractivity contribution is 8.04. The molecule has 2 amide bonds. The van der Waals surface area contributed by atoms with E-state index in [4.69, 9.17) is 4.74 Å². The highest BCUT2D eigenvalue weighted by Gasteiger charge is 2.33. The van der Waals surface area contributed by atoms with Crippen LogP contribution in [-0.2, 0) is 4.74 Å². The highest BCUT2D eigenvalue weighted by atomic mass is 32.2. The van der Waals surface area contributed by atoms with Gasteiger partial charge in [0.05, 0.1) is 10.5 Å². The third kappa shape index (κ3) is 5.99. The summed E-state index contributed by atoms with van der Waals surface area (Å²) in [5, 5.41) is 11.6. The minimum atomic E-state index is -0.653. The number of thioether (sulfide) groups is 1. The Bertz CT molecular complexity index is 1210. The first kappa shape index (κ1) is 24.5. The summed E-state index contributed by atoms with van der Waals surface area (Å²) >= 11 is 1.09. The van der Waals surface area contributed by atoms with E-state index in [1.165, 1.54) is 6.08 Å². The lowest BCUT2D eigenvalue weighted by Crippen LogP contribution is -2.26. The van der Waals surface area contributed by atoms with Crippen molar-refractivity contribution < 1.29 is 23.9 Å². The summed E-state index contributed by atoms with van der Waals surface area (Å²) in [5.74, 6) is -0.894. The van der Waals surface area contributed by atoms with Gasteiger partial charge in [-0.3, -0.25) is 19.5 Å². The van der Waals surface area contributed by atoms with Crippen LogP contribution in [0.3, 0.4) is 0 Å². The number of carbonyl (C=O) groups is 4. The summed E-state index contributed by atoms with van der Waals surface area (Å²) < 4.78 is 5.13. The van der Waals surface area contributed by atoms with Crippen LogP contribution in [0.5, 0.6) is 0 Å². The van der Waals surface area contributed by atoms with Crippen LogP contribution in [0.2, 0.25) is 0 Å². The van der Waals surface area contributed by atoms with Gasteiger partial charge in [-0.15, -0.1) is 11.8 Å². The predicted molar refractivity (Wildman–Crippen MR) is 130 cm³/mol. The van der Waals surface area contributed by atoms with Crippen molar-refractivity contribution in [2.45, 2.75) is 6.92 Å². The molecule has 0 atom stereocenters. The van der Waals surface area contributed by atoms with E-state index in [9.17, 15) is 19.2 Å². The maximum absolute atomic E-state index is 13.0. The smallest absolute Gasteiger partial charge is 0.411 e. The molecule has 174 valence electrons. The van der Waals surface area contributed by atoms with E-state index in [1.54, 1.807) is 61.6 Å². The Morgan fingerprint density at radius 3 is 2.71 bits per heavy atom. The van der Waals surface area contributed by atoms with Crippen molar-refractivity contribution in [3.8, 4) is 0 Å². The number of nitrogens with zero attached hydrogens (tertiary/aromatic N) is 1. The topological polar surface area (TPSA) is 130 Å². The van der Waals surface area contributed by atoms with Crippen molar-refractivity contribution >= 4 is 41.0 Å². The molecule has 3 N–H and O–H groups in total. The van der Waals surface area contributed by atoms with Crippen LogP contribution >= 0.6 is 11.8 Å². The Morgan fingerprint density at radius 2 is 2.00 bits per heavy atom. The Morgan fingerprint density at radius 1 is 1.24 bits per heavy atom. The summed E-state index contributed by atoms with van der Waals surface area (Å²) in [5.41, 5.74) is 0.286. The number of anilines is 1. The van der Waals surface area contributed by atoms with Crippen LogP contribution in [0.1, 0.15) is 38.3 Å². The molecule has 1 aliphatic carbocycles. The van der Waals surface area contributed by atoms with Gasteiger partial charge in [0.1, 0.15) is 17.1 Å². The number of fused-ring (bicyclic) bond motifs is 1. The molecular weight excluding hydrogens is 456 g/mol. The standard InChI is InChI=1S/C24H22N4O5S/c1-3-5-11-16(4-2)33-24(32)25-12-13-34-18-14-17(29)20-19(22(18)30)21(28-27-20)23(31)26-15-9-7-6-8-10-15/h3-11,14H,1,12-13H2,2H3,(H,25,32)(H,26,31)(H,27,28)/b11-5-,16-4+. The fourth-order valence-electron chi connectivity index (χ4n) is 2.91. The van der Waals surface area contributed by atoms with Gasteiger partial charge in [0.2, 0.25) is 11.6 Å². The maximum Gasteiger partial charge on any atom is 0.412 e. The number of H-pyrrole nitrogens is 1. The normalized spacial score (nSPS) is 13.3. The number of allylic oxidation sites excluding steroid dienone is 6. The number of aromatic nitrogens is 2. The molecular formula is C24H22N4O5S. The molecule has 34 heavy (non-hydrogen) atoms. The molecule has 1 aromatic heterocycles. The van der Waals surface area contributed by atoms with Crippen LogP contribution in [0.25, 0.3) is 0 Å². The van der Waals surface area contributed by atoms with Gasteiger partial charge in [0.25, 0.3) is 5.91 Å². The summed E-state index contributed by atoms with van der Waals surface area (Å²) in [4.78, 5) is 50.2. The number of rotatable bonds is 9. The highest BCUT2D eigenvalue weighted by Crippen LogP contribution is 2.29. The number of alkyl carbamates (subject to hydrolysis) is 1. The number of amides is 2. The number of para-hydroxylation sites is 1. The van der Waals surface area contributed by atoms with Crippen LogP contribution in [0, 0.1) is 0 Å². The molecule has 2 aromatic rings. The molecule has 0 fully saturated rings. The molecule has 0 saturated heterocycles. The first-order valence-electron chi connectivity index (χ1n) is 10.2. The second-order valence-corrected chi connectivity index (χ2v) is 7.93. The SMILES string of the molecule is C=C/C=C\C(=C/C)OC(=O)NCCSC1=CC(=O)c2n[nH]c(C(=O)Nc3ccccc3)c2C1=O. The molecule has 1 aromatic carbocycles. The molecule has 0 spiro atoms. The van der Waals surface area contributed by atoms with Gasteiger partial charge >= 0.3 is 6.09 Å². The molecule has 0 radical (unpaired) electrons. The lowest BCUT2D eigenvalue weighted by atomic mass is 9.99. The second kappa shape index (κ2) is 11.6. The van der Waals surface area contributed by atoms with E-state index in [0.29, 0.717) is 17.2 Å². The summed E-state index contributed by atoms with van der Waals surface area (Å²) in [6.45, 7) is 5.46. The lowest BCUT2D eigenvalue weighted by Gasteiger charge is -2.12. The van der Waals surface area contributed by atoms with Gasteiger partial charge in [-0.1, -0.05) is 36.9 Å². The predicted octanol–water partition coefficient (Wildman–Crippen LogP) is 4.03. The van der Waals surface area contributed by atoms with Gasteiger partial charge < -0.3 is 15.4 Å². The number of hydrogen-bond acceptors (Lipinski definition) is 7. The van der Waals surface area contributed by atoms with Crippen molar-refractivity contribution in [3.63, 3.8) is 0 Å². The zero-order chi connectivity index (χ0) is 24.5. The number of Topliss-reactive ketones (excluding diaryl/α,β-unsaturated/α-hetero) is 1. The number of ketones is 2. The lowest BCUT2D eigenvalue weighted by molar-refractivity contribution is 0.0979. The molecule has 10 heteroatoms. The largest absolute Gasteiger partial charge is 0.412 e. The van der Waals surface area contributed by atoms with E-state index in [1.807, 2.05) is 0 Å². The molecule has 1 heterocycles. The van der Waals surface area contributed by atoms with E-state index in [2.05, 4.69) is 27.4 Å². The van der Waals surface area contributed by atoms with Gasteiger partial charge in [-0.25, -0.2) is 4.79 Å². The molecule has 9 nitrogen and oxygen atoms in total. The fourth-order valence-corrected chi connectivity index (χ4v) is 3.76. The minimum absolute atomic E-state index is 0.0671. The van der Waals surface area contributed by atoms with Crippen LogP contribution < -0.4 is 10.6 Å². The Balaban J connectivity index is 1.59. The first-order valence-corrected chi connectivity index (χ1v) is 11.2. The van der Waals surface area contributed by atoms with E-state index in [0.717, 1.165) is 11.8 Å². The number of carbonyl (C=O) groups excluding carboxylic acids is 4. The fraction of sp³-hybridized carbons (Fsp3) is 0.125. The Hall–Kier alpha value is -4.18. The van der Waals surface area contributed by atoms with Gasteiger partial charge in [-0.2, -0.15) is 5.10 Å². The molecule has 3 rings (SSSR count). The van der Waals surface area contributed by atoms with Crippen molar-refractivity contribution in [1.29, 1.82) is 0 Å². The average molecular weight is 479 g/mol. The number of nitrogens with one attached hydrogen (secondary N) is 3. The zero-order valence-electron chi connectivity index (χ0n) is 18.3. The molecule has 0 unspecified atom stereocenters. The number of benzene rings is 1. The first-order chi connectivity index (χ1) is 16.4. The van der Waals surface area contributed by atoms with Gasteiger partial charge in [0.15, 0.2) is 0 Å². The quantitative estimate of drug-likeness (QED) is 0.282. The molecule has 0 aliphatic heterocycles. The van der Waals surface area contributed by atoms with E-state index >= 15 is 0 Å². The number of hydrogen-bond donors (Lipinski definition) is 3. The van der Waals surface area contributed by atoms with Crippen molar-refractivity contribution in [1.82, 2.24) is 15.5 Å². The van der Waals surface area contributed by atoms with Gasteiger partial charge in [0, 0.05) is 24.1 Å².